The van der Waals surface area contributed by atoms with Crippen LogP contribution < -0.4 is 10.5 Å². The Balaban J connectivity index is 1.89. The third kappa shape index (κ3) is 2.63. The molecule has 0 spiro atoms. The molecule has 106 valence electrons. The second kappa shape index (κ2) is 5.05. The van der Waals surface area contributed by atoms with Crippen LogP contribution in [0.1, 0.15) is 55.5 Å². The van der Waals surface area contributed by atoms with Crippen LogP contribution in [0.4, 0.5) is 5.69 Å². The van der Waals surface area contributed by atoms with E-state index in [-0.39, 0.29) is 0 Å². The first kappa shape index (κ1) is 13.4. The molecule has 1 aliphatic rings. The number of nitrogen functional groups attached to an aromatic ring is 1. The first-order chi connectivity index (χ1) is 9.54. The highest BCUT2D eigenvalue weighted by atomic mass is 32.1. The maximum atomic E-state index is 5.99. The van der Waals surface area contributed by atoms with Crippen molar-refractivity contribution in [3.63, 3.8) is 0 Å². The Bertz CT molecular complexity index is 632. The molecule has 0 unspecified atom stereocenters. The highest BCUT2D eigenvalue weighted by Crippen LogP contribution is 2.41. The van der Waals surface area contributed by atoms with E-state index >= 15 is 0 Å². The van der Waals surface area contributed by atoms with Crippen LogP contribution in [0.25, 0.3) is 0 Å². The number of hydrogen-bond acceptors (Lipinski definition) is 5. The van der Waals surface area contributed by atoms with Crippen molar-refractivity contribution in [1.29, 1.82) is 0 Å². The number of nitrogens with two attached hydrogens (primary N) is 1. The number of ether oxygens (including phenoxy) is 1. The first-order valence-corrected chi connectivity index (χ1v) is 7.73. The van der Waals surface area contributed by atoms with Gasteiger partial charge in [-0.25, -0.2) is 0 Å². The maximum Gasteiger partial charge on any atom is 0.298 e. The van der Waals surface area contributed by atoms with Crippen LogP contribution in [0.15, 0.2) is 12.1 Å². The lowest BCUT2D eigenvalue weighted by molar-refractivity contribution is 0.467. The van der Waals surface area contributed by atoms with Crippen molar-refractivity contribution in [2.24, 2.45) is 0 Å². The number of nitrogens with zero attached hydrogens (tertiary/aromatic N) is 2. The zero-order chi connectivity index (χ0) is 14.3. The summed E-state index contributed by atoms with van der Waals surface area (Å²) in [6.45, 7) is 6.25. The number of aromatic nitrogens is 2. The quantitative estimate of drug-likeness (QED) is 0.856. The van der Waals surface area contributed by atoms with Crippen molar-refractivity contribution in [1.82, 2.24) is 9.36 Å². The Morgan fingerprint density at radius 1 is 1.35 bits per heavy atom. The Morgan fingerprint density at radius 2 is 2.10 bits per heavy atom. The minimum atomic E-state index is 0.351. The first-order valence-electron chi connectivity index (χ1n) is 6.96. The van der Waals surface area contributed by atoms with Gasteiger partial charge in [0.25, 0.3) is 5.19 Å². The van der Waals surface area contributed by atoms with E-state index in [0.717, 1.165) is 28.4 Å². The molecule has 1 fully saturated rings. The molecule has 0 amide bonds. The molecule has 2 aromatic rings. The van der Waals surface area contributed by atoms with Gasteiger partial charge in [-0.1, -0.05) is 13.8 Å². The molecule has 1 heterocycles. The van der Waals surface area contributed by atoms with Crippen LogP contribution in [0.3, 0.4) is 0 Å². The van der Waals surface area contributed by atoms with Gasteiger partial charge >= 0.3 is 0 Å². The van der Waals surface area contributed by atoms with E-state index in [1.807, 2.05) is 19.1 Å². The monoisotopic (exact) mass is 289 g/mol. The lowest BCUT2D eigenvalue weighted by Crippen LogP contribution is -1.98. The SMILES string of the molecule is Cc1cc(Oc2nc(C3CC3)ns2)c(C(C)C)cc1N. The summed E-state index contributed by atoms with van der Waals surface area (Å²) in [5.74, 6) is 2.68. The maximum absolute atomic E-state index is 5.99. The summed E-state index contributed by atoms with van der Waals surface area (Å²) in [5, 5.41) is 0.623. The summed E-state index contributed by atoms with van der Waals surface area (Å²) in [4.78, 5) is 4.47. The van der Waals surface area contributed by atoms with E-state index in [0.29, 0.717) is 17.0 Å². The Morgan fingerprint density at radius 3 is 2.75 bits per heavy atom. The minimum absolute atomic E-state index is 0.351. The van der Waals surface area contributed by atoms with Gasteiger partial charge in [-0.05, 0) is 48.9 Å². The van der Waals surface area contributed by atoms with E-state index in [1.54, 1.807) is 0 Å². The Hall–Kier alpha value is -1.62. The van der Waals surface area contributed by atoms with Gasteiger partial charge in [0, 0.05) is 23.1 Å². The molecule has 0 atom stereocenters. The molecule has 1 aliphatic carbocycles. The summed E-state index contributed by atoms with van der Waals surface area (Å²) in [7, 11) is 0. The van der Waals surface area contributed by atoms with Gasteiger partial charge in [0.05, 0.1) is 0 Å². The van der Waals surface area contributed by atoms with E-state index in [2.05, 4.69) is 23.2 Å². The van der Waals surface area contributed by atoms with Gasteiger partial charge < -0.3 is 10.5 Å². The van der Waals surface area contributed by atoms with Gasteiger partial charge in [0.15, 0.2) is 0 Å². The van der Waals surface area contributed by atoms with Crippen LogP contribution in [0.5, 0.6) is 10.9 Å². The average molecular weight is 289 g/mol. The van der Waals surface area contributed by atoms with Gasteiger partial charge in [0.1, 0.15) is 11.6 Å². The Labute approximate surface area is 123 Å². The molecule has 5 heteroatoms. The van der Waals surface area contributed by atoms with Crippen molar-refractivity contribution in [3.05, 3.63) is 29.1 Å². The fraction of sp³-hybridized carbons (Fsp3) is 0.467. The summed E-state index contributed by atoms with van der Waals surface area (Å²) < 4.78 is 10.3. The topological polar surface area (TPSA) is 61.0 Å². The average Bonchev–Trinajstić information content (AvgIpc) is 3.14. The number of aryl methyl sites for hydroxylation is 1. The molecule has 1 aromatic heterocycles. The van der Waals surface area contributed by atoms with Crippen LogP contribution in [-0.4, -0.2) is 9.36 Å². The summed E-state index contributed by atoms with van der Waals surface area (Å²) in [5.41, 5.74) is 8.93. The zero-order valence-corrected chi connectivity index (χ0v) is 12.8. The van der Waals surface area contributed by atoms with Crippen LogP contribution in [0, 0.1) is 6.92 Å². The Kier molecular flexibility index (Phi) is 3.38. The lowest BCUT2D eigenvalue weighted by Gasteiger charge is -2.14. The second-order valence-electron chi connectivity index (χ2n) is 5.70. The van der Waals surface area contributed by atoms with E-state index in [1.165, 1.54) is 24.4 Å². The van der Waals surface area contributed by atoms with Crippen LogP contribution in [0.2, 0.25) is 0 Å². The number of anilines is 1. The molecular weight excluding hydrogens is 270 g/mol. The zero-order valence-electron chi connectivity index (χ0n) is 12.0. The fourth-order valence-corrected chi connectivity index (χ4v) is 2.74. The summed E-state index contributed by atoms with van der Waals surface area (Å²) >= 11 is 1.33. The molecular formula is C15H19N3OS. The number of benzene rings is 1. The standard InChI is InChI=1S/C15H19N3OS/c1-8(2)11-7-12(16)9(3)6-13(11)19-15-17-14(18-20-15)10-4-5-10/h6-8,10H,4-5,16H2,1-3H3. The molecule has 3 rings (SSSR count). The molecule has 0 saturated heterocycles. The van der Waals surface area contributed by atoms with E-state index < -0.39 is 0 Å². The molecule has 4 nitrogen and oxygen atoms in total. The van der Waals surface area contributed by atoms with Gasteiger partial charge in [-0.2, -0.15) is 9.36 Å². The predicted octanol–water partition coefficient (Wildman–Crippen LogP) is 4.22. The molecule has 0 aliphatic heterocycles. The molecule has 1 saturated carbocycles. The highest BCUT2D eigenvalue weighted by molar-refractivity contribution is 7.07. The molecule has 20 heavy (non-hydrogen) atoms. The van der Waals surface area contributed by atoms with Crippen molar-refractivity contribution < 1.29 is 4.74 Å². The third-order valence-electron chi connectivity index (χ3n) is 3.58. The van der Waals surface area contributed by atoms with Crippen molar-refractivity contribution >= 4 is 17.2 Å². The molecule has 2 N–H and O–H groups in total. The fourth-order valence-electron chi connectivity index (χ4n) is 2.12. The van der Waals surface area contributed by atoms with Crippen LogP contribution >= 0.6 is 11.5 Å². The predicted molar refractivity (Wildman–Crippen MR) is 81.6 cm³/mol. The highest BCUT2D eigenvalue weighted by Gasteiger charge is 2.28. The smallest absolute Gasteiger partial charge is 0.298 e. The van der Waals surface area contributed by atoms with Gasteiger partial charge in [0.2, 0.25) is 0 Å². The van der Waals surface area contributed by atoms with Crippen molar-refractivity contribution in [2.45, 2.75) is 45.4 Å². The third-order valence-corrected chi connectivity index (χ3v) is 4.19. The van der Waals surface area contributed by atoms with Crippen molar-refractivity contribution in [2.75, 3.05) is 5.73 Å². The van der Waals surface area contributed by atoms with Crippen LogP contribution in [-0.2, 0) is 0 Å². The number of rotatable bonds is 4. The summed E-state index contributed by atoms with van der Waals surface area (Å²) in [6, 6.07) is 3.99. The minimum Gasteiger partial charge on any atom is -0.430 e. The number of hydrogen-bond donors (Lipinski definition) is 1. The van der Waals surface area contributed by atoms with Gasteiger partial charge in [-0.3, -0.25) is 0 Å². The van der Waals surface area contributed by atoms with E-state index in [9.17, 15) is 0 Å². The molecule has 0 bridgehead atoms. The lowest BCUT2D eigenvalue weighted by atomic mass is 9.99. The van der Waals surface area contributed by atoms with E-state index in [4.69, 9.17) is 10.5 Å². The normalized spacial score (nSPS) is 14.8. The van der Waals surface area contributed by atoms with Gasteiger partial charge in [-0.15, -0.1) is 0 Å². The second-order valence-corrected chi connectivity index (χ2v) is 6.41. The van der Waals surface area contributed by atoms with Crippen molar-refractivity contribution in [3.8, 4) is 10.9 Å². The summed E-state index contributed by atoms with van der Waals surface area (Å²) in [6.07, 6.45) is 2.41. The molecule has 1 aromatic carbocycles. The molecule has 0 radical (unpaired) electrons. The largest absolute Gasteiger partial charge is 0.430 e.